The third-order valence-corrected chi connectivity index (χ3v) is 17.6. The van der Waals surface area contributed by atoms with Gasteiger partial charge in [-0.3, -0.25) is 4.57 Å². The first-order chi connectivity index (χ1) is 45.6. The highest BCUT2D eigenvalue weighted by atomic mass is 16.6. The van der Waals surface area contributed by atoms with E-state index < -0.39 is 28.6 Å². The van der Waals surface area contributed by atoms with Gasteiger partial charge in [-0.1, -0.05) is 164 Å². The van der Waals surface area contributed by atoms with Crippen LogP contribution in [0.25, 0.3) is 11.2 Å². The minimum absolute atomic E-state index is 0.145. The van der Waals surface area contributed by atoms with Gasteiger partial charge in [0.2, 0.25) is 5.95 Å². The van der Waals surface area contributed by atoms with Crippen molar-refractivity contribution < 1.29 is 52.5 Å². The standard InChI is InChI=1S/C77H75N5O11/c1-84-64-34-22-58(23-35-64)75(55-16-10-7-11-17-55,59-24-36-65(85-2)37-25-59)91-50-47-81(48-51-92-76(56-18-12-8-13-19-56,60-26-38-66(86-3)39-27-60)61-28-40-67(87-4)41-29-61)73-78-52-70-72(80-73)82(54-79-70)74(71(83)46-49-90-74)53-93-77(57-20-14-9-15-21-57,62-30-42-68(88-5)43-31-62)63-32-44-69(89-6)45-33-63/h7-45,52,54,71,83H,46-51,53H2,1-6H3. The van der Waals surface area contributed by atoms with Crippen LogP contribution in [0.15, 0.2) is 249 Å². The summed E-state index contributed by atoms with van der Waals surface area (Å²) in [6.45, 7) is 0.865. The molecule has 2 unspecified atom stereocenters. The van der Waals surface area contributed by atoms with Crippen LogP contribution in [0.2, 0.25) is 0 Å². The van der Waals surface area contributed by atoms with Crippen LogP contribution in [-0.4, -0.2) is 113 Å². The van der Waals surface area contributed by atoms with Crippen molar-refractivity contribution in [3.8, 4) is 34.5 Å². The van der Waals surface area contributed by atoms with E-state index in [0.29, 0.717) is 58.0 Å². The van der Waals surface area contributed by atoms with Crippen molar-refractivity contribution in [2.24, 2.45) is 0 Å². The fourth-order valence-electron chi connectivity index (χ4n) is 12.7. The number of hydrogen-bond acceptors (Lipinski definition) is 15. The Morgan fingerprint density at radius 1 is 0.430 bits per heavy atom. The van der Waals surface area contributed by atoms with Gasteiger partial charge < -0.3 is 57.4 Å². The topological polar surface area (TPSA) is 159 Å². The number of aromatic nitrogens is 4. The van der Waals surface area contributed by atoms with Crippen LogP contribution in [0.3, 0.4) is 0 Å². The average molecular weight is 1250 g/mol. The normalized spacial score (nSPS) is 15.0. The molecule has 16 nitrogen and oxygen atoms in total. The van der Waals surface area contributed by atoms with Crippen LogP contribution < -0.4 is 33.3 Å². The summed E-state index contributed by atoms with van der Waals surface area (Å²) in [7, 11) is 9.90. The minimum atomic E-state index is -1.55. The molecule has 9 aromatic carbocycles. The smallest absolute Gasteiger partial charge is 0.227 e. The van der Waals surface area contributed by atoms with Crippen molar-refractivity contribution in [1.29, 1.82) is 0 Å². The Bertz CT molecular complexity index is 3870. The van der Waals surface area contributed by atoms with E-state index in [1.807, 2.05) is 212 Å². The van der Waals surface area contributed by atoms with Gasteiger partial charge in [0.25, 0.3) is 0 Å². The zero-order valence-corrected chi connectivity index (χ0v) is 53.0. The van der Waals surface area contributed by atoms with Crippen LogP contribution >= 0.6 is 0 Å². The third kappa shape index (κ3) is 12.3. The monoisotopic (exact) mass is 1250 g/mol. The van der Waals surface area contributed by atoms with Gasteiger partial charge in [0, 0.05) is 19.5 Å². The highest BCUT2D eigenvalue weighted by molar-refractivity contribution is 5.71. The predicted molar refractivity (Wildman–Crippen MR) is 357 cm³/mol. The van der Waals surface area contributed by atoms with E-state index in [2.05, 4.69) is 29.2 Å². The van der Waals surface area contributed by atoms with Crippen molar-refractivity contribution in [2.45, 2.75) is 35.1 Å². The summed E-state index contributed by atoms with van der Waals surface area (Å²) in [6, 6.07) is 78.0. The Morgan fingerprint density at radius 2 is 0.742 bits per heavy atom. The van der Waals surface area contributed by atoms with Gasteiger partial charge in [-0.15, -0.1) is 0 Å². The van der Waals surface area contributed by atoms with Gasteiger partial charge in [0.15, 0.2) is 11.4 Å². The van der Waals surface area contributed by atoms with Crippen molar-refractivity contribution in [2.75, 3.05) is 87.1 Å². The molecular weight excluding hydrogens is 1170 g/mol. The molecule has 12 rings (SSSR count). The first-order valence-corrected chi connectivity index (χ1v) is 30.9. The Hall–Kier alpha value is -10.1. The first-order valence-electron chi connectivity index (χ1n) is 30.9. The molecule has 0 spiro atoms. The Kier molecular flexibility index (Phi) is 19.1. The quantitative estimate of drug-likeness (QED) is 0.0461. The molecule has 1 aliphatic rings. The summed E-state index contributed by atoms with van der Waals surface area (Å²) in [4.78, 5) is 17.5. The molecule has 3 heterocycles. The number of anilines is 1. The Balaban J connectivity index is 0.977. The molecule has 2 aromatic heterocycles. The summed E-state index contributed by atoms with van der Waals surface area (Å²) < 4.78 is 65.4. The summed E-state index contributed by atoms with van der Waals surface area (Å²) in [5.41, 5.74) is 3.55. The average Bonchev–Trinajstić information content (AvgIpc) is 1.90. The molecule has 1 fully saturated rings. The molecule has 0 saturated carbocycles. The predicted octanol–water partition coefficient (Wildman–Crippen LogP) is 13.1. The third-order valence-electron chi connectivity index (χ3n) is 17.6. The number of hydrogen-bond donors (Lipinski definition) is 1. The SMILES string of the molecule is COc1ccc(C(OCCN(CCOC(c2ccccc2)(c2ccc(OC)cc2)c2ccc(OC)cc2)c2ncc3ncn(C4(COC(c5ccccc5)(c5ccc(OC)cc5)c5ccc(OC)cc5)OCCC4O)c3n2)(c2ccccc2)c2ccc(OC)cc2)cc1. The highest BCUT2D eigenvalue weighted by Gasteiger charge is 2.51. The highest BCUT2D eigenvalue weighted by Crippen LogP contribution is 2.47. The summed E-state index contributed by atoms with van der Waals surface area (Å²) in [5.74, 6) is 4.54. The van der Waals surface area contributed by atoms with Crippen molar-refractivity contribution >= 4 is 17.1 Å². The second-order valence-corrected chi connectivity index (χ2v) is 22.5. The fourth-order valence-corrected chi connectivity index (χ4v) is 12.7. The zero-order chi connectivity index (χ0) is 64.3. The van der Waals surface area contributed by atoms with E-state index in [4.69, 9.17) is 62.3 Å². The Morgan fingerprint density at radius 3 is 1.04 bits per heavy atom. The first kappa shape index (κ1) is 63.1. The van der Waals surface area contributed by atoms with Crippen LogP contribution in [0.4, 0.5) is 5.95 Å². The lowest BCUT2D eigenvalue weighted by molar-refractivity contribution is -0.180. The molecule has 16 heteroatoms. The van der Waals surface area contributed by atoms with Gasteiger partial charge in [0.1, 0.15) is 62.9 Å². The number of nitrogens with zero attached hydrogens (tertiary/aromatic N) is 5. The van der Waals surface area contributed by atoms with Crippen LogP contribution in [0.5, 0.6) is 34.5 Å². The van der Waals surface area contributed by atoms with Crippen LogP contribution in [0, 0.1) is 0 Å². The second-order valence-electron chi connectivity index (χ2n) is 22.5. The van der Waals surface area contributed by atoms with Gasteiger partial charge in [-0.25, -0.2) is 9.97 Å². The molecular formula is C77H75N5O11. The van der Waals surface area contributed by atoms with E-state index >= 15 is 0 Å². The van der Waals surface area contributed by atoms with E-state index in [1.165, 1.54) is 0 Å². The molecule has 2 atom stereocenters. The van der Waals surface area contributed by atoms with Crippen molar-refractivity contribution in [3.63, 3.8) is 0 Å². The van der Waals surface area contributed by atoms with Crippen LogP contribution in [-0.2, 0) is 41.5 Å². The number of aliphatic hydroxyl groups excluding tert-OH is 1. The van der Waals surface area contributed by atoms with E-state index in [9.17, 15) is 5.11 Å². The largest absolute Gasteiger partial charge is 0.497 e. The van der Waals surface area contributed by atoms with Crippen LogP contribution in [0.1, 0.15) is 56.5 Å². The number of fused-ring (bicyclic) bond motifs is 1. The molecule has 1 N–H and O–H groups in total. The molecule has 0 radical (unpaired) electrons. The summed E-state index contributed by atoms with van der Waals surface area (Å²) in [6.07, 6.45) is 2.59. The number of aliphatic hydroxyl groups is 1. The fraction of sp³-hybridized carbons (Fsp3) is 0.234. The second kappa shape index (κ2) is 28.2. The number of benzene rings is 9. The molecule has 0 bridgehead atoms. The van der Waals surface area contributed by atoms with Gasteiger partial charge in [-0.05, 0) is 123 Å². The van der Waals surface area contributed by atoms with Gasteiger partial charge in [-0.2, -0.15) is 4.98 Å². The lowest BCUT2D eigenvalue weighted by atomic mass is 9.80. The molecule has 0 amide bonds. The molecule has 474 valence electrons. The summed E-state index contributed by atoms with van der Waals surface area (Å²) >= 11 is 0. The lowest BCUT2D eigenvalue weighted by Gasteiger charge is -2.41. The van der Waals surface area contributed by atoms with E-state index in [-0.39, 0.29) is 39.5 Å². The van der Waals surface area contributed by atoms with Crippen molar-refractivity contribution in [1.82, 2.24) is 19.5 Å². The van der Waals surface area contributed by atoms with Gasteiger partial charge in [0.05, 0.1) is 81.6 Å². The molecule has 93 heavy (non-hydrogen) atoms. The molecule has 11 aromatic rings. The summed E-state index contributed by atoms with van der Waals surface area (Å²) in [5, 5.41) is 12.6. The zero-order valence-electron chi connectivity index (χ0n) is 53.0. The number of methoxy groups -OCH3 is 6. The number of ether oxygens (including phenoxy) is 10. The number of rotatable bonds is 28. The molecule has 0 aliphatic carbocycles. The van der Waals surface area contributed by atoms with E-state index in [1.54, 1.807) is 59.8 Å². The maximum absolute atomic E-state index is 12.6. The van der Waals surface area contributed by atoms with Gasteiger partial charge >= 0.3 is 0 Å². The molecule has 1 aliphatic heterocycles. The maximum atomic E-state index is 12.6. The lowest BCUT2D eigenvalue weighted by Crippen LogP contribution is -2.49. The van der Waals surface area contributed by atoms with Crippen molar-refractivity contribution in [3.05, 3.63) is 299 Å². The number of imidazole rings is 1. The Labute approximate surface area is 542 Å². The molecule has 1 saturated heterocycles. The minimum Gasteiger partial charge on any atom is -0.497 e. The van der Waals surface area contributed by atoms with E-state index in [0.717, 1.165) is 50.1 Å². The maximum Gasteiger partial charge on any atom is 0.227 e.